The Morgan fingerprint density at radius 1 is 0.875 bits per heavy atom. The fraction of sp³-hybridized carbons (Fsp3) is 0.346. The van der Waals surface area contributed by atoms with Crippen LogP contribution in [-0.4, -0.2) is 50.2 Å². The molecule has 0 amide bonds. The van der Waals surface area contributed by atoms with Gasteiger partial charge in [0, 0.05) is 6.08 Å². The lowest BCUT2D eigenvalue weighted by Crippen LogP contribution is -2.34. The van der Waals surface area contributed by atoms with Crippen LogP contribution in [0.5, 0.6) is 0 Å². The Kier molecular flexibility index (Phi) is 7.50. The average Bonchev–Trinajstić information content (AvgIpc) is 3.38. The van der Waals surface area contributed by atoms with Crippen molar-refractivity contribution in [3.63, 3.8) is 0 Å². The molecule has 2 aliphatic heterocycles. The van der Waals surface area contributed by atoms with Gasteiger partial charge in [-0.3, -0.25) is 0 Å². The molecule has 6 heteroatoms. The number of rotatable bonds is 8. The van der Waals surface area contributed by atoms with Crippen molar-refractivity contribution in [1.29, 1.82) is 0 Å². The Labute approximate surface area is 188 Å². The number of benzene rings is 2. The molecule has 2 heterocycles. The van der Waals surface area contributed by atoms with Crippen LogP contribution in [0.2, 0.25) is 0 Å². The van der Waals surface area contributed by atoms with Gasteiger partial charge in [0.2, 0.25) is 0 Å². The van der Waals surface area contributed by atoms with Crippen LogP contribution < -0.4 is 0 Å². The van der Waals surface area contributed by atoms with E-state index < -0.39 is 12.1 Å². The van der Waals surface area contributed by atoms with Gasteiger partial charge >= 0.3 is 5.97 Å². The van der Waals surface area contributed by atoms with Crippen molar-refractivity contribution in [2.75, 3.05) is 19.8 Å². The first-order valence-electron chi connectivity index (χ1n) is 10.8. The maximum Gasteiger partial charge on any atom is 0.331 e. The molecular formula is C26H28O6. The minimum Gasteiger partial charge on any atom is -0.454 e. The molecule has 4 atom stereocenters. The number of ether oxygens (including phenoxy) is 3. The van der Waals surface area contributed by atoms with E-state index in [1.54, 1.807) is 6.08 Å². The molecule has 0 saturated carbocycles. The summed E-state index contributed by atoms with van der Waals surface area (Å²) >= 11 is 0. The molecule has 2 fully saturated rings. The van der Waals surface area contributed by atoms with Crippen molar-refractivity contribution in [2.45, 2.75) is 38.3 Å². The van der Waals surface area contributed by atoms with Crippen molar-refractivity contribution in [3.8, 4) is 0 Å². The first kappa shape index (κ1) is 22.4. The van der Waals surface area contributed by atoms with Gasteiger partial charge in [0.05, 0.1) is 13.2 Å². The highest BCUT2D eigenvalue weighted by molar-refractivity contribution is 5.87. The van der Waals surface area contributed by atoms with Crippen molar-refractivity contribution in [1.82, 2.24) is 0 Å². The molecule has 2 aromatic carbocycles. The van der Waals surface area contributed by atoms with Crippen molar-refractivity contribution < 1.29 is 28.8 Å². The van der Waals surface area contributed by atoms with E-state index in [-0.39, 0.29) is 24.9 Å². The Hall–Kier alpha value is -2.77. The van der Waals surface area contributed by atoms with Crippen LogP contribution in [0.25, 0.3) is 12.2 Å². The normalized spacial score (nSPS) is 24.9. The zero-order valence-electron chi connectivity index (χ0n) is 18.3. The van der Waals surface area contributed by atoms with E-state index in [0.29, 0.717) is 13.2 Å². The predicted molar refractivity (Wildman–Crippen MR) is 121 cm³/mol. The molecule has 0 radical (unpaired) electrons. The Balaban J connectivity index is 1.19. The zero-order chi connectivity index (χ0) is 22.3. The summed E-state index contributed by atoms with van der Waals surface area (Å²) in [5.41, 5.74) is 4.43. The topological polar surface area (TPSA) is 63.2 Å². The minimum absolute atomic E-state index is 0.270. The number of esters is 1. The molecule has 2 aliphatic rings. The van der Waals surface area contributed by atoms with E-state index >= 15 is 0 Å². The molecule has 0 unspecified atom stereocenters. The third kappa shape index (κ3) is 5.93. The quantitative estimate of drug-likeness (QED) is 0.205. The van der Waals surface area contributed by atoms with Crippen LogP contribution in [0.4, 0.5) is 0 Å². The number of carbonyl (C=O) groups excluding carboxylic acids is 1. The van der Waals surface area contributed by atoms with Gasteiger partial charge in [0.1, 0.15) is 24.9 Å². The highest BCUT2D eigenvalue weighted by Crippen LogP contribution is 2.30. The van der Waals surface area contributed by atoms with E-state index in [1.165, 1.54) is 17.2 Å². The molecule has 0 spiro atoms. The third-order valence-electron chi connectivity index (χ3n) is 5.46. The van der Waals surface area contributed by atoms with Crippen LogP contribution in [0, 0.1) is 13.8 Å². The SMILES string of the molecule is Cc1ccc(C=CCOO[C@H]2CO[C@@H]3[C@H]2OC[C@H]3OC(=O)/C=C/c2ccc(C)cc2)cc1. The lowest BCUT2D eigenvalue weighted by Gasteiger charge is -2.16. The summed E-state index contributed by atoms with van der Waals surface area (Å²) in [5, 5.41) is 0. The molecule has 2 aromatic rings. The molecule has 0 bridgehead atoms. The van der Waals surface area contributed by atoms with Gasteiger partial charge in [0.15, 0.2) is 6.10 Å². The summed E-state index contributed by atoms with van der Waals surface area (Å²) in [6, 6.07) is 16.1. The van der Waals surface area contributed by atoms with Gasteiger partial charge in [0.25, 0.3) is 0 Å². The molecule has 6 nitrogen and oxygen atoms in total. The largest absolute Gasteiger partial charge is 0.454 e. The Bertz CT molecular complexity index is 947. The van der Waals surface area contributed by atoms with Gasteiger partial charge in [-0.25, -0.2) is 14.6 Å². The Morgan fingerprint density at radius 2 is 1.44 bits per heavy atom. The molecule has 32 heavy (non-hydrogen) atoms. The first-order chi connectivity index (χ1) is 15.6. The molecule has 2 saturated heterocycles. The highest BCUT2D eigenvalue weighted by Gasteiger charge is 2.50. The summed E-state index contributed by atoms with van der Waals surface area (Å²) < 4.78 is 17.1. The van der Waals surface area contributed by atoms with Gasteiger partial charge in [-0.15, -0.1) is 0 Å². The van der Waals surface area contributed by atoms with E-state index in [9.17, 15) is 4.79 Å². The van der Waals surface area contributed by atoms with E-state index in [0.717, 1.165) is 11.1 Å². The number of fused-ring (bicyclic) bond motifs is 1. The fourth-order valence-corrected chi connectivity index (χ4v) is 3.67. The second-order valence-corrected chi connectivity index (χ2v) is 8.05. The van der Waals surface area contributed by atoms with Crippen LogP contribution >= 0.6 is 0 Å². The second kappa shape index (κ2) is 10.7. The van der Waals surface area contributed by atoms with Gasteiger partial charge in [-0.1, -0.05) is 71.8 Å². The summed E-state index contributed by atoms with van der Waals surface area (Å²) in [4.78, 5) is 23.0. The van der Waals surface area contributed by atoms with Crippen LogP contribution in [0.1, 0.15) is 22.3 Å². The maximum atomic E-state index is 12.2. The molecule has 0 aromatic heterocycles. The number of hydrogen-bond donors (Lipinski definition) is 0. The van der Waals surface area contributed by atoms with Crippen molar-refractivity contribution in [3.05, 3.63) is 82.9 Å². The van der Waals surface area contributed by atoms with Crippen LogP contribution in [-0.2, 0) is 28.8 Å². The lowest BCUT2D eigenvalue weighted by atomic mass is 10.1. The maximum absolute atomic E-state index is 12.2. The van der Waals surface area contributed by atoms with E-state index in [2.05, 4.69) is 19.1 Å². The molecule has 168 valence electrons. The summed E-state index contributed by atoms with van der Waals surface area (Å²) in [5.74, 6) is -0.426. The molecule has 0 aliphatic carbocycles. The van der Waals surface area contributed by atoms with Gasteiger partial charge in [-0.05, 0) is 31.1 Å². The summed E-state index contributed by atoms with van der Waals surface area (Å²) in [7, 11) is 0. The third-order valence-corrected chi connectivity index (χ3v) is 5.46. The zero-order valence-corrected chi connectivity index (χ0v) is 18.3. The van der Waals surface area contributed by atoms with Gasteiger partial charge < -0.3 is 14.2 Å². The smallest absolute Gasteiger partial charge is 0.331 e. The van der Waals surface area contributed by atoms with Gasteiger partial charge in [-0.2, -0.15) is 0 Å². The first-order valence-corrected chi connectivity index (χ1v) is 10.8. The Morgan fingerprint density at radius 3 is 2.09 bits per heavy atom. The molecule has 4 rings (SSSR count). The van der Waals surface area contributed by atoms with Crippen molar-refractivity contribution >= 4 is 18.1 Å². The standard InChI is InChI=1S/C26H28O6/c1-18-5-9-20(10-6-18)4-3-15-30-32-23-17-29-25-22(16-28-26(23)25)31-24(27)14-13-21-11-7-19(2)8-12-21/h3-14,22-23,25-26H,15-17H2,1-2H3/b4-3?,14-13+/t22-,23+,25+,26+/m1/s1. The van der Waals surface area contributed by atoms with Crippen molar-refractivity contribution in [2.24, 2.45) is 0 Å². The van der Waals surface area contributed by atoms with E-state index in [4.69, 9.17) is 24.0 Å². The molecule has 0 N–H and O–H groups in total. The van der Waals surface area contributed by atoms with Crippen LogP contribution in [0.15, 0.2) is 60.7 Å². The fourth-order valence-electron chi connectivity index (χ4n) is 3.67. The van der Waals surface area contributed by atoms with E-state index in [1.807, 2.05) is 55.5 Å². The number of carbonyl (C=O) groups is 1. The predicted octanol–water partition coefficient (Wildman–Crippen LogP) is 4.06. The molecular weight excluding hydrogens is 408 g/mol. The average molecular weight is 437 g/mol. The summed E-state index contributed by atoms with van der Waals surface area (Å²) in [6.45, 7) is 4.98. The number of aryl methyl sites for hydroxylation is 2. The monoisotopic (exact) mass is 436 g/mol. The minimum atomic E-state index is -0.467. The second-order valence-electron chi connectivity index (χ2n) is 8.05. The highest BCUT2D eigenvalue weighted by atomic mass is 17.2. The summed E-state index contributed by atoms with van der Waals surface area (Å²) in [6.07, 6.45) is 5.50. The number of hydrogen-bond acceptors (Lipinski definition) is 6. The van der Waals surface area contributed by atoms with Crippen LogP contribution in [0.3, 0.4) is 0 Å². The lowest BCUT2D eigenvalue weighted by molar-refractivity contribution is -0.326.